The number of aromatic nitrogens is 1. The number of benzene rings is 2. The third-order valence-corrected chi connectivity index (χ3v) is 4.94. The zero-order chi connectivity index (χ0) is 19.4. The minimum atomic E-state index is -1.02. The molecule has 0 aliphatic carbocycles. The molecule has 0 bridgehead atoms. The highest BCUT2D eigenvalue weighted by molar-refractivity contribution is 7.12. The summed E-state index contributed by atoms with van der Waals surface area (Å²) in [6.45, 7) is 1.86. The fourth-order valence-electron chi connectivity index (χ4n) is 2.78. The Bertz CT molecular complexity index is 987. The van der Waals surface area contributed by atoms with Crippen molar-refractivity contribution in [2.75, 3.05) is 0 Å². The number of nitrogens with one attached hydrogen (secondary N) is 1. The maximum absolute atomic E-state index is 13.9. The van der Waals surface area contributed by atoms with Gasteiger partial charge in [-0.25, -0.2) is 9.37 Å². The van der Waals surface area contributed by atoms with E-state index in [2.05, 4.69) is 10.3 Å². The van der Waals surface area contributed by atoms with E-state index in [0.29, 0.717) is 11.3 Å². The number of amides is 1. The van der Waals surface area contributed by atoms with Crippen LogP contribution in [0.5, 0.6) is 0 Å². The Balaban J connectivity index is 1.83. The number of aryl methyl sites for hydroxylation is 1. The first-order valence-electron chi connectivity index (χ1n) is 8.24. The lowest BCUT2D eigenvalue weighted by Crippen LogP contribution is -2.30. The number of thiazole rings is 1. The first-order chi connectivity index (χ1) is 13.0. The van der Waals surface area contributed by atoms with Crippen LogP contribution in [0.25, 0.3) is 11.3 Å². The standard InChI is InChI=1S/C20H17FN2O3S/c1-12-6-2-3-7-13(12)16(10-18(24)25)22-19(26)20-23-17(11-27-20)14-8-4-5-9-15(14)21/h2-9,11,16H,10H2,1H3,(H,22,26)(H,24,25)/t16-/m0/s1. The van der Waals surface area contributed by atoms with Crippen LogP contribution in [-0.4, -0.2) is 22.0 Å². The monoisotopic (exact) mass is 384 g/mol. The van der Waals surface area contributed by atoms with E-state index >= 15 is 0 Å². The van der Waals surface area contributed by atoms with E-state index in [1.54, 1.807) is 35.7 Å². The minimum absolute atomic E-state index is 0.150. The lowest BCUT2D eigenvalue weighted by Gasteiger charge is -2.18. The molecule has 2 N–H and O–H groups in total. The summed E-state index contributed by atoms with van der Waals surface area (Å²) in [5.74, 6) is -1.93. The van der Waals surface area contributed by atoms with Crippen LogP contribution in [0, 0.1) is 12.7 Å². The van der Waals surface area contributed by atoms with Gasteiger partial charge in [0.2, 0.25) is 0 Å². The van der Waals surface area contributed by atoms with Crippen LogP contribution in [-0.2, 0) is 4.79 Å². The number of hydrogen-bond acceptors (Lipinski definition) is 4. The van der Waals surface area contributed by atoms with Gasteiger partial charge in [0.05, 0.1) is 18.2 Å². The Kier molecular flexibility index (Phi) is 5.61. The van der Waals surface area contributed by atoms with E-state index in [-0.39, 0.29) is 11.4 Å². The van der Waals surface area contributed by atoms with Crippen molar-refractivity contribution in [3.8, 4) is 11.3 Å². The van der Waals surface area contributed by atoms with E-state index in [1.807, 2.05) is 19.1 Å². The van der Waals surface area contributed by atoms with Crippen LogP contribution in [0.2, 0.25) is 0 Å². The van der Waals surface area contributed by atoms with E-state index < -0.39 is 23.7 Å². The Labute approximate surface area is 159 Å². The molecule has 0 unspecified atom stereocenters. The molecule has 0 aliphatic rings. The van der Waals surface area contributed by atoms with Gasteiger partial charge in [0.1, 0.15) is 5.82 Å². The third kappa shape index (κ3) is 4.38. The van der Waals surface area contributed by atoms with Crippen molar-refractivity contribution >= 4 is 23.2 Å². The van der Waals surface area contributed by atoms with E-state index in [9.17, 15) is 19.1 Å². The van der Waals surface area contributed by atoms with Crippen molar-refractivity contribution in [3.63, 3.8) is 0 Å². The minimum Gasteiger partial charge on any atom is -0.481 e. The average molecular weight is 384 g/mol. The van der Waals surface area contributed by atoms with Crippen molar-refractivity contribution in [2.45, 2.75) is 19.4 Å². The number of halogens is 1. The molecule has 1 atom stereocenters. The molecule has 2 aromatic carbocycles. The molecular weight excluding hydrogens is 367 g/mol. The molecule has 1 amide bonds. The fraction of sp³-hybridized carbons (Fsp3) is 0.150. The zero-order valence-corrected chi connectivity index (χ0v) is 15.3. The zero-order valence-electron chi connectivity index (χ0n) is 14.5. The molecule has 0 aliphatic heterocycles. The van der Waals surface area contributed by atoms with Gasteiger partial charge in [0.15, 0.2) is 5.01 Å². The molecule has 138 valence electrons. The number of carboxylic acid groups (broad SMARTS) is 1. The van der Waals surface area contributed by atoms with Crippen LogP contribution < -0.4 is 5.32 Å². The summed E-state index contributed by atoms with van der Waals surface area (Å²) in [6.07, 6.45) is -0.248. The predicted octanol–water partition coefficient (Wildman–Crippen LogP) is 4.20. The maximum atomic E-state index is 13.9. The summed E-state index contributed by atoms with van der Waals surface area (Å²) in [7, 11) is 0. The molecule has 0 fully saturated rings. The van der Waals surface area contributed by atoms with Crippen LogP contribution in [0.15, 0.2) is 53.9 Å². The van der Waals surface area contributed by atoms with Gasteiger partial charge < -0.3 is 10.4 Å². The van der Waals surface area contributed by atoms with Crippen molar-refractivity contribution < 1.29 is 19.1 Å². The predicted molar refractivity (Wildman–Crippen MR) is 101 cm³/mol. The second-order valence-electron chi connectivity index (χ2n) is 6.00. The van der Waals surface area contributed by atoms with Crippen molar-refractivity contribution in [2.24, 2.45) is 0 Å². The molecule has 3 aromatic rings. The Morgan fingerprint density at radius 3 is 2.59 bits per heavy atom. The highest BCUT2D eigenvalue weighted by Crippen LogP contribution is 2.26. The molecule has 0 saturated carbocycles. The Morgan fingerprint density at radius 2 is 1.89 bits per heavy atom. The van der Waals surface area contributed by atoms with Crippen LogP contribution >= 0.6 is 11.3 Å². The van der Waals surface area contributed by atoms with Crippen molar-refractivity contribution in [3.05, 3.63) is 75.9 Å². The molecular formula is C20H17FN2O3S. The molecule has 1 heterocycles. The molecule has 7 heteroatoms. The number of carbonyl (C=O) groups is 2. The van der Waals surface area contributed by atoms with Gasteiger partial charge in [-0.3, -0.25) is 9.59 Å². The van der Waals surface area contributed by atoms with Crippen LogP contribution in [0.4, 0.5) is 4.39 Å². The van der Waals surface area contributed by atoms with Crippen molar-refractivity contribution in [1.82, 2.24) is 10.3 Å². The highest BCUT2D eigenvalue weighted by Gasteiger charge is 2.22. The SMILES string of the molecule is Cc1ccccc1[C@H](CC(=O)O)NC(=O)c1nc(-c2ccccc2F)cs1. The summed E-state index contributed by atoms with van der Waals surface area (Å²) >= 11 is 1.08. The van der Waals surface area contributed by atoms with Crippen LogP contribution in [0.1, 0.15) is 33.4 Å². The largest absolute Gasteiger partial charge is 0.481 e. The lowest BCUT2D eigenvalue weighted by atomic mass is 9.99. The molecule has 3 rings (SSSR count). The lowest BCUT2D eigenvalue weighted by molar-refractivity contribution is -0.137. The maximum Gasteiger partial charge on any atom is 0.305 e. The Hall–Kier alpha value is -3.06. The van der Waals surface area contributed by atoms with Gasteiger partial charge in [-0.15, -0.1) is 11.3 Å². The van der Waals surface area contributed by atoms with Gasteiger partial charge in [-0.05, 0) is 30.2 Å². The fourth-order valence-corrected chi connectivity index (χ4v) is 3.50. The summed E-state index contributed by atoms with van der Waals surface area (Å²) in [6, 6.07) is 12.8. The highest BCUT2D eigenvalue weighted by atomic mass is 32.1. The summed E-state index contributed by atoms with van der Waals surface area (Å²) in [5.41, 5.74) is 2.30. The second-order valence-corrected chi connectivity index (χ2v) is 6.86. The topological polar surface area (TPSA) is 79.3 Å². The Morgan fingerprint density at radius 1 is 1.19 bits per heavy atom. The third-order valence-electron chi connectivity index (χ3n) is 4.10. The summed E-state index contributed by atoms with van der Waals surface area (Å²) in [5, 5.41) is 13.7. The summed E-state index contributed by atoms with van der Waals surface area (Å²) in [4.78, 5) is 28.0. The number of carboxylic acids is 1. The van der Waals surface area contributed by atoms with Crippen LogP contribution in [0.3, 0.4) is 0 Å². The smallest absolute Gasteiger partial charge is 0.305 e. The number of nitrogens with zero attached hydrogens (tertiary/aromatic N) is 1. The first-order valence-corrected chi connectivity index (χ1v) is 9.12. The number of carbonyl (C=O) groups excluding carboxylic acids is 1. The first kappa shape index (κ1) is 18.7. The normalized spacial score (nSPS) is 11.8. The number of hydrogen-bond donors (Lipinski definition) is 2. The van der Waals surface area contributed by atoms with Crippen molar-refractivity contribution in [1.29, 1.82) is 0 Å². The summed E-state index contributed by atoms with van der Waals surface area (Å²) < 4.78 is 13.9. The molecule has 1 aromatic heterocycles. The second kappa shape index (κ2) is 8.09. The molecule has 0 saturated heterocycles. The van der Waals surface area contributed by atoms with E-state index in [1.165, 1.54) is 6.07 Å². The van der Waals surface area contributed by atoms with Gasteiger partial charge in [-0.2, -0.15) is 0 Å². The average Bonchev–Trinajstić information content (AvgIpc) is 3.11. The molecule has 0 radical (unpaired) electrons. The van der Waals surface area contributed by atoms with Gasteiger partial charge in [-0.1, -0.05) is 36.4 Å². The molecule has 0 spiro atoms. The van der Waals surface area contributed by atoms with Gasteiger partial charge >= 0.3 is 5.97 Å². The van der Waals surface area contributed by atoms with E-state index in [4.69, 9.17) is 0 Å². The van der Waals surface area contributed by atoms with E-state index in [0.717, 1.165) is 22.5 Å². The van der Waals surface area contributed by atoms with Gasteiger partial charge in [0, 0.05) is 10.9 Å². The number of rotatable bonds is 6. The number of aliphatic carboxylic acids is 1. The molecule has 5 nitrogen and oxygen atoms in total. The quantitative estimate of drug-likeness (QED) is 0.667. The van der Waals surface area contributed by atoms with Gasteiger partial charge in [0.25, 0.3) is 5.91 Å². The molecule has 27 heavy (non-hydrogen) atoms.